The summed E-state index contributed by atoms with van der Waals surface area (Å²) in [5, 5.41) is 4.69. The average molecular weight is 366 g/mol. The molecule has 0 radical (unpaired) electrons. The molecule has 0 aliphatic heterocycles. The number of anilines is 1. The lowest BCUT2D eigenvalue weighted by Gasteiger charge is -2.12. The van der Waals surface area contributed by atoms with Gasteiger partial charge in [-0.15, -0.1) is 11.3 Å². The van der Waals surface area contributed by atoms with Gasteiger partial charge in [-0.05, 0) is 49.4 Å². The van der Waals surface area contributed by atoms with Gasteiger partial charge in [0.25, 0.3) is 5.91 Å². The number of aromatic nitrogens is 2. The first-order valence-corrected chi connectivity index (χ1v) is 9.68. The van der Waals surface area contributed by atoms with Gasteiger partial charge in [0, 0.05) is 31.1 Å². The summed E-state index contributed by atoms with van der Waals surface area (Å²) in [6, 6.07) is 7.74. The Morgan fingerprint density at radius 2 is 1.96 bits per heavy atom. The van der Waals surface area contributed by atoms with Gasteiger partial charge in [0.05, 0.1) is 5.39 Å². The number of hydrogen-bond donors (Lipinski definition) is 1. The largest absolute Gasteiger partial charge is 0.365 e. The molecule has 1 N–H and O–H groups in total. The van der Waals surface area contributed by atoms with Crippen LogP contribution in [-0.4, -0.2) is 34.9 Å². The van der Waals surface area contributed by atoms with Crippen LogP contribution < -0.4 is 5.32 Å². The summed E-state index contributed by atoms with van der Waals surface area (Å²) in [5.74, 6) is 1.75. The van der Waals surface area contributed by atoms with Crippen molar-refractivity contribution in [1.29, 1.82) is 0 Å². The highest BCUT2D eigenvalue weighted by molar-refractivity contribution is 7.19. The van der Waals surface area contributed by atoms with E-state index in [0.717, 1.165) is 34.9 Å². The molecule has 26 heavy (non-hydrogen) atoms. The molecule has 1 aliphatic carbocycles. The lowest BCUT2D eigenvalue weighted by atomic mass is 10.1. The van der Waals surface area contributed by atoms with Gasteiger partial charge in [-0.3, -0.25) is 4.79 Å². The number of rotatable bonds is 4. The van der Waals surface area contributed by atoms with Crippen molar-refractivity contribution in [3.63, 3.8) is 0 Å². The number of nitrogens with one attached hydrogen (secondary N) is 1. The Morgan fingerprint density at radius 1 is 1.19 bits per heavy atom. The lowest BCUT2D eigenvalue weighted by Crippen LogP contribution is -2.21. The Kier molecular flexibility index (Phi) is 4.36. The number of thiophene rings is 1. The molecule has 0 atom stereocenters. The van der Waals surface area contributed by atoms with Crippen LogP contribution in [0.5, 0.6) is 0 Å². The van der Waals surface area contributed by atoms with Crippen LogP contribution in [0, 0.1) is 6.92 Å². The van der Waals surface area contributed by atoms with Gasteiger partial charge in [0.1, 0.15) is 16.5 Å². The molecule has 1 aromatic carbocycles. The van der Waals surface area contributed by atoms with E-state index in [1.165, 1.54) is 22.2 Å². The van der Waals surface area contributed by atoms with Crippen molar-refractivity contribution in [1.82, 2.24) is 14.9 Å². The Morgan fingerprint density at radius 3 is 2.69 bits per heavy atom. The first-order chi connectivity index (χ1) is 12.5. The number of hydrogen-bond acceptors (Lipinski definition) is 5. The van der Waals surface area contributed by atoms with E-state index in [4.69, 9.17) is 0 Å². The predicted octanol–water partition coefficient (Wildman–Crippen LogP) is 3.80. The molecule has 3 aromatic rings. The summed E-state index contributed by atoms with van der Waals surface area (Å²) in [6.07, 6.45) is 3.51. The number of fused-ring (bicyclic) bond motifs is 3. The van der Waals surface area contributed by atoms with E-state index in [1.54, 1.807) is 19.0 Å². The summed E-state index contributed by atoms with van der Waals surface area (Å²) in [4.78, 5) is 25.4. The van der Waals surface area contributed by atoms with Crippen LogP contribution in [0.1, 0.15) is 38.6 Å². The minimum Gasteiger partial charge on any atom is -0.365 e. The van der Waals surface area contributed by atoms with Crippen molar-refractivity contribution in [2.45, 2.75) is 32.7 Å². The summed E-state index contributed by atoms with van der Waals surface area (Å²) in [6.45, 7) is 2.61. The highest BCUT2D eigenvalue weighted by atomic mass is 32.1. The molecule has 2 aromatic heterocycles. The van der Waals surface area contributed by atoms with Gasteiger partial charge in [-0.2, -0.15) is 0 Å². The van der Waals surface area contributed by atoms with E-state index >= 15 is 0 Å². The van der Waals surface area contributed by atoms with Crippen LogP contribution in [0.25, 0.3) is 10.2 Å². The normalized spacial score (nSPS) is 13.0. The summed E-state index contributed by atoms with van der Waals surface area (Å²) < 4.78 is 0. The van der Waals surface area contributed by atoms with E-state index in [9.17, 15) is 4.79 Å². The zero-order valence-electron chi connectivity index (χ0n) is 15.3. The number of carbonyl (C=O) groups excluding carboxylic acids is 1. The molecule has 0 bridgehead atoms. The topological polar surface area (TPSA) is 58.1 Å². The van der Waals surface area contributed by atoms with Crippen LogP contribution in [0.2, 0.25) is 0 Å². The number of carbonyl (C=O) groups is 1. The minimum atomic E-state index is 0.0199. The van der Waals surface area contributed by atoms with Crippen molar-refractivity contribution in [2.75, 3.05) is 19.4 Å². The first-order valence-electron chi connectivity index (χ1n) is 8.86. The van der Waals surface area contributed by atoms with Crippen LogP contribution in [0.15, 0.2) is 24.3 Å². The van der Waals surface area contributed by atoms with E-state index in [-0.39, 0.29) is 5.91 Å². The fourth-order valence-corrected chi connectivity index (χ4v) is 4.75. The minimum absolute atomic E-state index is 0.0199. The van der Waals surface area contributed by atoms with Gasteiger partial charge in [0.2, 0.25) is 0 Å². The van der Waals surface area contributed by atoms with Gasteiger partial charge >= 0.3 is 0 Å². The van der Waals surface area contributed by atoms with Gasteiger partial charge in [0.15, 0.2) is 0 Å². The van der Waals surface area contributed by atoms with E-state index < -0.39 is 0 Å². The summed E-state index contributed by atoms with van der Waals surface area (Å²) in [7, 11) is 3.53. The highest BCUT2D eigenvalue weighted by Gasteiger charge is 2.21. The Hall–Kier alpha value is -2.47. The molecule has 4 rings (SSSR count). The maximum absolute atomic E-state index is 12.0. The molecule has 0 unspecified atom stereocenters. The number of benzene rings is 1. The zero-order chi connectivity index (χ0) is 18.3. The quantitative estimate of drug-likeness (QED) is 0.763. The Labute approximate surface area is 157 Å². The molecule has 2 heterocycles. The van der Waals surface area contributed by atoms with Gasteiger partial charge in [-0.25, -0.2) is 9.97 Å². The molecule has 0 saturated heterocycles. The van der Waals surface area contributed by atoms with Crippen LogP contribution in [-0.2, 0) is 19.4 Å². The Bertz CT molecular complexity index is 976. The van der Waals surface area contributed by atoms with Crippen LogP contribution in [0.3, 0.4) is 0 Å². The molecule has 1 amide bonds. The molecular formula is C20H22N4OS. The molecule has 0 fully saturated rings. The Balaban J connectivity index is 1.57. The zero-order valence-corrected chi connectivity index (χ0v) is 16.1. The third-order valence-corrected chi connectivity index (χ3v) is 5.93. The van der Waals surface area contributed by atoms with Crippen molar-refractivity contribution in [3.05, 3.63) is 51.7 Å². The number of nitrogens with zero attached hydrogens (tertiary/aromatic N) is 3. The standard InChI is InChI=1S/C20H22N4OS/c1-12-22-18(17-15-5-4-6-16(15)26-19(17)23-12)21-11-13-7-9-14(10-8-13)20(25)24(2)3/h7-10H,4-6,11H2,1-3H3,(H,21,22,23). The summed E-state index contributed by atoms with van der Waals surface area (Å²) >= 11 is 1.81. The monoisotopic (exact) mass is 366 g/mol. The number of amides is 1. The van der Waals surface area contributed by atoms with Crippen molar-refractivity contribution in [3.8, 4) is 0 Å². The molecular weight excluding hydrogens is 344 g/mol. The lowest BCUT2D eigenvalue weighted by molar-refractivity contribution is 0.0827. The van der Waals surface area contributed by atoms with Gasteiger partial charge < -0.3 is 10.2 Å². The molecule has 6 heteroatoms. The van der Waals surface area contributed by atoms with E-state index in [2.05, 4.69) is 15.3 Å². The molecule has 0 spiro atoms. The fourth-order valence-electron chi connectivity index (χ4n) is 3.44. The SMILES string of the molecule is Cc1nc(NCc2ccc(C(=O)N(C)C)cc2)c2c3c(sc2n1)CCC3. The van der Waals surface area contributed by atoms with Crippen LogP contribution >= 0.6 is 11.3 Å². The molecule has 0 saturated carbocycles. The maximum atomic E-state index is 12.0. The van der Waals surface area contributed by atoms with Gasteiger partial charge in [-0.1, -0.05) is 12.1 Å². The van der Waals surface area contributed by atoms with E-state index in [0.29, 0.717) is 12.1 Å². The maximum Gasteiger partial charge on any atom is 0.253 e. The van der Waals surface area contributed by atoms with Crippen molar-refractivity contribution in [2.24, 2.45) is 0 Å². The predicted molar refractivity (Wildman–Crippen MR) is 106 cm³/mol. The van der Waals surface area contributed by atoms with Crippen molar-refractivity contribution >= 4 is 33.3 Å². The third kappa shape index (κ3) is 3.05. The second-order valence-electron chi connectivity index (χ2n) is 6.91. The fraction of sp³-hybridized carbons (Fsp3) is 0.350. The second kappa shape index (κ2) is 6.68. The average Bonchev–Trinajstić information content (AvgIpc) is 3.19. The molecule has 134 valence electrons. The second-order valence-corrected chi connectivity index (χ2v) is 7.99. The summed E-state index contributed by atoms with van der Waals surface area (Å²) in [5.41, 5.74) is 3.26. The number of aryl methyl sites for hydroxylation is 3. The van der Waals surface area contributed by atoms with Crippen LogP contribution in [0.4, 0.5) is 5.82 Å². The highest BCUT2D eigenvalue weighted by Crippen LogP contribution is 2.39. The smallest absolute Gasteiger partial charge is 0.253 e. The molecule has 1 aliphatic rings. The third-order valence-electron chi connectivity index (χ3n) is 4.74. The van der Waals surface area contributed by atoms with Crippen molar-refractivity contribution < 1.29 is 4.79 Å². The van der Waals surface area contributed by atoms with E-state index in [1.807, 2.05) is 42.5 Å². The molecule has 5 nitrogen and oxygen atoms in total. The first kappa shape index (κ1) is 17.0.